The second-order valence-corrected chi connectivity index (χ2v) is 7.89. The van der Waals surface area contributed by atoms with E-state index in [0.29, 0.717) is 48.6 Å². The minimum absolute atomic E-state index is 0.0678. The quantitative estimate of drug-likeness (QED) is 0.721. The molecule has 0 aliphatic carbocycles. The van der Waals surface area contributed by atoms with Gasteiger partial charge in [0.05, 0.1) is 26.3 Å². The number of carbonyl (C=O) groups excluding carboxylic acids is 3. The zero-order valence-electron chi connectivity index (χ0n) is 17.9. The monoisotopic (exact) mass is 441 g/mol. The summed E-state index contributed by atoms with van der Waals surface area (Å²) in [5.41, 5.74) is 0.0351. The molecule has 0 unspecified atom stereocenters. The lowest BCUT2D eigenvalue weighted by atomic mass is 9.87. The van der Waals surface area contributed by atoms with Crippen molar-refractivity contribution in [2.24, 2.45) is 0 Å². The van der Waals surface area contributed by atoms with Crippen molar-refractivity contribution in [1.82, 2.24) is 15.1 Å². The first-order valence-electron chi connectivity index (χ1n) is 10.3. The Balaban J connectivity index is 1.44. The highest BCUT2D eigenvalue weighted by Crippen LogP contribution is 2.32. The van der Waals surface area contributed by atoms with Gasteiger partial charge in [0.2, 0.25) is 0 Å². The summed E-state index contributed by atoms with van der Waals surface area (Å²) in [7, 11) is 3.02. The maximum absolute atomic E-state index is 13.1. The summed E-state index contributed by atoms with van der Waals surface area (Å²) in [6.45, 7) is 0.688. The zero-order valence-corrected chi connectivity index (χ0v) is 17.9. The van der Waals surface area contributed by atoms with Gasteiger partial charge in [-0.15, -0.1) is 0 Å². The van der Waals surface area contributed by atoms with Gasteiger partial charge in [-0.1, -0.05) is 12.1 Å². The van der Waals surface area contributed by atoms with Crippen LogP contribution in [0.1, 0.15) is 28.8 Å². The van der Waals surface area contributed by atoms with Gasteiger partial charge in [0.15, 0.2) is 0 Å². The van der Waals surface area contributed by atoms with Crippen molar-refractivity contribution in [3.05, 3.63) is 59.4 Å². The zero-order chi connectivity index (χ0) is 22.9. The highest BCUT2D eigenvalue weighted by molar-refractivity contribution is 6.07. The molecule has 0 atom stereocenters. The third-order valence-electron chi connectivity index (χ3n) is 6.04. The summed E-state index contributed by atoms with van der Waals surface area (Å²) in [6.07, 6.45) is 0.614. The van der Waals surface area contributed by atoms with Gasteiger partial charge in [-0.05, 0) is 42.7 Å². The van der Waals surface area contributed by atoms with Gasteiger partial charge in [-0.2, -0.15) is 0 Å². The topological polar surface area (TPSA) is 88.2 Å². The molecule has 2 saturated heterocycles. The van der Waals surface area contributed by atoms with Crippen molar-refractivity contribution in [3.63, 3.8) is 0 Å². The minimum atomic E-state index is -1.03. The molecular weight excluding hydrogens is 417 g/mol. The highest BCUT2D eigenvalue weighted by atomic mass is 19.1. The van der Waals surface area contributed by atoms with Crippen molar-refractivity contribution in [3.8, 4) is 11.5 Å². The Morgan fingerprint density at radius 2 is 1.75 bits per heavy atom. The van der Waals surface area contributed by atoms with Crippen LogP contribution in [0.4, 0.5) is 9.18 Å². The summed E-state index contributed by atoms with van der Waals surface area (Å²) in [4.78, 5) is 41.5. The highest BCUT2D eigenvalue weighted by Gasteiger charge is 2.52. The van der Waals surface area contributed by atoms with E-state index in [9.17, 15) is 18.8 Å². The van der Waals surface area contributed by atoms with Crippen molar-refractivity contribution >= 4 is 17.8 Å². The Morgan fingerprint density at radius 1 is 1.06 bits per heavy atom. The SMILES string of the molecule is COc1ccc(C(=O)N2CCC3(CC2)NC(=O)N(Cc2ccc(F)cc2)C3=O)c(OC)c1. The molecule has 4 rings (SSSR count). The Morgan fingerprint density at radius 3 is 2.38 bits per heavy atom. The molecule has 9 heteroatoms. The van der Waals surface area contributed by atoms with Crippen molar-refractivity contribution in [2.75, 3.05) is 27.3 Å². The van der Waals surface area contributed by atoms with Gasteiger partial charge in [-0.3, -0.25) is 14.5 Å². The van der Waals surface area contributed by atoms with Gasteiger partial charge in [0.25, 0.3) is 11.8 Å². The maximum atomic E-state index is 13.1. The average Bonchev–Trinajstić information content (AvgIpc) is 3.04. The molecule has 2 aromatic carbocycles. The molecule has 2 fully saturated rings. The summed E-state index contributed by atoms with van der Waals surface area (Å²) in [6, 6.07) is 10.2. The van der Waals surface area contributed by atoms with E-state index in [1.165, 1.54) is 26.4 Å². The maximum Gasteiger partial charge on any atom is 0.325 e. The van der Waals surface area contributed by atoms with E-state index < -0.39 is 11.6 Å². The van der Waals surface area contributed by atoms with Gasteiger partial charge in [-0.25, -0.2) is 9.18 Å². The van der Waals surface area contributed by atoms with Crippen LogP contribution in [0.25, 0.3) is 0 Å². The van der Waals surface area contributed by atoms with Gasteiger partial charge in [0.1, 0.15) is 22.9 Å². The lowest BCUT2D eigenvalue weighted by Gasteiger charge is -2.37. The number of ether oxygens (including phenoxy) is 2. The normalized spacial score (nSPS) is 17.5. The first kappa shape index (κ1) is 21.6. The summed E-state index contributed by atoms with van der Waals surface area (Å²) in [5, 5.41) is 2.82. The second-order valence-electron chi connectivity index (χ2n) is 7.89. The molecule has 32 heavy (non-hydrogen) atoms. The molecule has 168 valence electrons. The number of imide groups is 1. The standard InChI is InChI=1S/C23H24FN3O5/c1-31-17-7-8-18(19(13-17)32-2)20(28)26-11-9-23(10-12-26)21(29)27(22(30)25-23)14-15-3-5-16(24)6-4-15/h3-8,13H,9-12,14H2,1-2H3,(H,25,30). The molecule has 8 nitrogen and oxygen atoms in total. The molecule has 2 aliphatic rings. The molecule has 2 aliphatic heterocycles. The van der Waals surface area contributed by atoms with Crippen molar-refractivity contribution < 1.29 is 28.2 Å². The van der Waals surface area contributed by atoms with E-state index in [1.54, 1.807) is 35.2 Å². The predicted molar refractivity (Wildman–Crippen MR) is 113 cm³/mol. The van der Waals surface area contributed by atoms with Gasteiger partial charge in [0, 0.05) is 19.2 Å². The number of hydrogen-bond acceptors (Lipinski definition) is 5. The number of rotatable bonds is 5. The van der Waals surface area contributed by atoms with Crippen LogP contribution >= 0.6 is 0 Å². The third-order valence-corrected chi connectivity index (χ3v) is 6.04. The first-order valence-corrected chi connectivity index (χ1v) is 10.3. The van der Waals surface area contributed by atoms with Crippen LogP contribution in [0.2, 0.25) is 0 Å². The van der Waals surface area contributed by atoms with Crippen LogP contribution in [0.5, 0.6) is 11.5 Å². The number of hydrogen-bond donors (Lipinski definition) is 1. The number of nitrogens with zero attached hydrogens (tertiary/aromatic N) is 2. The van der Waals surface area contributed by atoms with E-state index in [-0.39, 0.29) is 24.2 Å². The molecule has 0 radical (unpaired) electrons. The number of carbonyl (C=O) groups is 3. The minimum Gasteiger partial charge on any atom is -0.497 e. The van der Waals surface area contributed by atoms with Gasteiger partial charge >= 0.3 is 6.03 Å². The van der Waals surface area contributed by atoms with E-state index in [4.69, 9.17) is 9.47 Å². The van der Waals surface area contributed by atoms with Crippen molar-refractivity contribution in [1.29, 1.82) is 0 Å². The fraction of sp³-hybridized carbons (Fsp3) is 0.348. The van der Waals surface area contributed by atoms with Crippen LogP contribution in [0, 0.1) is 5.82 Å². The Labute approximate surface area is 184 Å². The van der Waals surface area contributed by atoms with E-state index in [2.05, 4.69) is 5.32 Å². The fourth-order valence-corrected chi connectivity index (χ4v) is 4.17. The second kappa shape index (κ2) is 8.49. The molecule has 1 spiro atoms. The Kier molecular flexibility index (Phi) is 5.73. The van der Waals surface area contributed by atoms with Crippen LogP contribution in [0.15, 0.2) is 42.5 Å². The number of likely N-dealkylation sites (tertiary alicyclic amines) is 1. The molecule has 2 aromatic rings. The summed E-state index contributed by atoms with van der Waals surface area (Å²) >= 11 is 0. The summed E-state index contributed by atoms with van der Waals surface area (Å²) in [5.74, 6) is 0.0788. The van der Waals surface area contributed by atoms with Crippen LogP contribution in [-0.2, 0) is 11.3 Å². The number of piperidine rings is 1. The number of urea groups is 1. The molecule has 0 saturated carbocycles. The smallest absolute Gasteiger partial charge is 0.325 e. The predicted octanol–water partition coefficient (Wildman–Crippen LogP) is 2.57. The van der Waals surface area contributed by atoms with E-state index >= 15 is 0 Å². The van der Waals surface area contributed by atoms with Crippen molar-refractivity contribution in [2.45, 2.75) is 24.9 Å². The molecule has 1 N–H and O–H groups in total. The number of amides is 4. The number of methoxy groups -OCH3 is 2. The first-order chi connectivity index (χ1) is 15.4. The van der Waals surface area contributed by atoms with Gasteiger partial charge < -0.3 is 19.7 Å². The van der Waals surface area contributed by atoms with Crippen LogP contribution in [-0.4, -0.2) is 60.5 Å². The lowest BCUT2D eigenvalue weighted by Crippen LogP contribution is -2.55. The lowest BCUT2D eigenvalue weighted by molar-refractivity contribution is -0.133. The van der Waals surface area contributed by atoms with E-state index in [0.717, 1.165) is 4.90 Å². The number of halogens is 1. The third kappa shape index (κ3) is 3.86. The Bertz CT molecular complexity index is 1050. The summed E-state index contributed by atoms with van der Waals surface area (Å²) < 4.78 is 23.7. The molecule has 0 bridgehead atoms. The Hall–Kier alpha value is -3.62. The molecule has 4 amide bonds. The molecule has 2 heterocycles. The number of benzene rings is 2. The largest absolute Gasteiger partial charge is 0.497 e. The molecule has 0 aromatic heterocycles. The average molecular weight is 441 g/mol. The molecular formula is C23H24FN3O5. The van der Waals surface area contributed by atoms with Crippen LogP contribution in [0.3, 0.4) is 0 Å². The van der Waals surface area contributed by atoms with E-state index in [1.807, 2.05) is 0 Å². The van der Waals surface area contributed by atoms with Crippen LogP contribution < -0.4 is 14.8 Å². The number of nitrogens with one attached hydrogen (secondary N) is 1. The fourth-order valence-electron chi connectivity index (χ4n) is 4.17.